The first kappa shape index (κ1) is 24.0. The summed E-state index contributed by atoms with van der Waals surface area (Å²) in [5, 5.41) is 22.5. The highest BCUT2D eigenvalue weighted by Crippen LogP contribution is 2.43. The highest BCUT2D eigenvalue weighted by atomic mass is 35.5. The zero-order valence-electron chi connectivity index (χ0n) is 19.0. The number of benzene rings is 1. The predicted octanol–water partition coefficient (Wildman–Crippen LogP) is 4.75. The zero-order chi connectivity index (χ0) is 23.8. The van der Waals surface area contributed by atoms with Gasteiger partial charge in [0.05, 0.1) is 18.0 Å². The number of pyridine rings is 2. The molecule has 7 heteroatoms. The lowest BCUT2D eigenvalue weighted by molar-refractivity contribution is -0.163. The normalized spacial score (nSPS) is 14.8. The van der Waals surface area contributed by atoms with Crippen LogP contribution in [0.5, 0.6) is 0 Å². The summed E-state index contributed by atoms with van der Waals surface area (Å²) in [5.74, 6) is -2.19. The molecule has 170 valence electrons. The maximum absolute atomic E-state index is 13.0. The van der Waals surface area contributed by atoms with Crippen molar-refractivity contribution in [2.24, 2.45) is 11.3 Å². The van der Waals surface area contributed by atoms with Crippen LogP contribution in [0.25, 0.3) is 10.9 Å². The fourth-order valence-electron chi connectivity index (χ4n) is 4.51. The van der Waals surface area contributed by atoms with Crippen LogP contribution >= 0.6 is 11.6 Å². The second-order valence-electron chi connectivity index (χ2n) is 9.32. The van der Waals surface area contributed by atoms with E-state index in [4.69, 9.17) is 11.6 Å². The third-order valence-electron chi connectivity index (χ3n) is 6.18. The number of aryl methyl sites for hydroxylation is 1. The zero-order valence-corrected chi connectivity index (χ0v) is 19.8. The number of para-hydroxylation sites is 1. The van der Waals surface area contributed by atoms with E-state index in [2.05, 4.69) is 4.98 Å². The number of carboxylic acids is 1. The average Bonchev–Trinajstić information content (AvgIpc) is 2.70. The molecule has 3 rings (SSSR count). The van der Waals surface area contributed by atoms with Gasteiger partial charge in [-0.1, -0.05) is 57.5 Å². The van der Waals surface area contributed by atoms with Crippen molar-refractivity contribution in [2.75, 3.05) is 0 Å². The second-order valence-corrected chi connectivity index (χ2v) is 9.68. The van der Waals surface area contributed by atoms with Gasteiger partial charge in [0, 0.05) is 23.2 Å². The Labute approximate surface area is 192 Å². The molecule has 0 saturated heterocycles. The number of carboxylic acid groups (broad SMARTS) is 1. The van der Waals surface area contributed by atoms with Crippen LogP contribution in [0.15, 0.2) is 47.4 Å². The molecule has 0 bridgehead atoms. The minimum atomic E-state index is -1.68. The van der Waals surface area contributed by atoms with E-state index in [1.54, 1.807) is 40.0 Å². The first-order chi connectivity index (χ1) is 14.9. The van der Waals surface area contributed by atoms with Crippen molar-refractivity contribution in [2.45, 2.75) is 53.2 Å². The minimum absolute atomic E-state index is 0.157. The molecular weight excluding hydrogens is 428 g/mol. The van der Waals surface area contributed by atoms with E-state index in [1.807, 2.05) is 31.2 Å². The van der Waals surface area contributed by atoms with Gasteiger partial charge in [-0.25, -0.2) is 4.98 Å². The number of fused-ring (bicyclic) bond motifs is 1. The van der Waals surface area contributed by atoms with Crippen molar-refractivity contribution in [1.29, 1.82) is 0 Å². The smallest absolute Gasteiger partial charge is 0.310 e. The lowest BCUT2D eigenvalue weighted by Gasteiger charge is -2.40. The van der Waals surface area contributed by atoms with Crippen molar-refractivity contribution < 1.29 is 15.0 Å². The highest BCUT2D eigenvalue weighted by molar-refractivity contribution is 6.30. The van der Waals surface area contributed by atoms with Crippen LogP contribution in [0, 0.1) is 18.3 Å². The molecule has 3 aromatic rings. The van der Waals surface area contributed by atoms with Crippen molar-refractivity contribution in [3.05, 3.63) is 74.8 Å². The predicted molar refractivity (Wildman–Crippen MR) is 126 cm³/mol. The van der Waals surface area contributed by atoms with Gasteiger partial charge < -0.3 is 14.8 Å². The van der Waals surface area contributed by atoms with Crippen LogP contribution in [0.2, 0.25) is 5.15 Å². The van der Waals surface area contributed by atoms with E-state index in [9.17, 15) is 19.8 Å². The first-order valence-electron chi connectivity index (χ1n) is 10.6. The van der Waals surface area contributed by atoms with Crippen molar-refractivity contribution in [1.82, 2.24) is 9.55 Å². The molecule has 0 fully saturated rings. The number of nitrogens with zero attached hydrogens (tertiary/aromatic N) is 2. The SMILES string of the molecule is CCC(O)(c1ccn(Cc2c(Cl)nc3ccccc3c2C)c(=O)c1)C(C(=O)O)C(C)(C)C. The number of hydrogen-bond donors (Lipinski definition) is 2. The molecule has 0 amide bonds. The quantitative estimate of drug-likeness (QED) is 0.522. The van der Waals surface area contributed by atoms with Gasteiger partial charge in [0.1, 0.15) is 10.8 Å². The molecule has 0 aliphatic heterocycles. The third kappa shape index (κ3) is 4.30. The first-order valence-corrected chi connectivity index (χ1v) is 11.0. The second kappa shape index (κ2) is 8.68. The van der Waals surface area contributed by atoms with Crippen LogP contribution in [0.1, 0.15) is 50.8 Å². The van der Waals surface area contributed by atoms with E-state index in [0.29, 0.717) is 10.7 Å². The maximum Gasteiger partial charge on any atom is 0.310 e. The molecule has 6 nitrogen and oxygen atoms in total. The molecule has 2 unspecified atom stereocenters. The van der Waals surface area contributed by atoms with E-state index in [1.165, 1.54) is 10.6 Å². The third-order valence-corrected chi connectivity index (χ3v) is 6.49. The summed E-state index contributed by atoms with van der Waals surface area (Å²) in [6.45, 7) is 9.19. The molecule has 0 aliphatic rings. The van der Waals surface area contributed by atoms with Crippen molar-refractivity contribution >= 4 is 28.5 Å². The summed E-state index contributed by atoms with van der Waals surface area (Å²) >= 11 is 6.43. The molecule has 1 aromatic carbocycles. The fourth-order valence-corrected chi connectivity index (χ4v) is 4.80. The minimum Gasteiger partial charge on any atom is -0.481 e. The standard InChI is InChI=1S/C25H29ClN2O4/c1-6-25(32,21(23(30)31)24(3,4)5)16-11-12-28(20(29)13-16)14-18-15(2)17-9-7-8-10-19(17)27-22(18)26/h7-13,21,32H,6,14H2,1-5H3,(H,30,31). The molecule has 0 saturated carbocycles. The Balaban J connectivity index is 2.05. The molecule has 0 aliphatic carbocycles. The van der Waals surface area contributed by atoms with Gasteiger partial charge in [-0.3, -0.25) is 9.59 Å². The van der Waals surface area contributed by atoms with Crippen molar-refractivity contribution in [3.8, 4) is 0 Å². The number of hydrogen-bond acceptors (Lipinski definition) is 4. The summed E-state index contributed by atoms with van der Waals surface area (Å²) < 4.78 is 1.48. The molecule has 32 heavy (non-hydrogen) atoms. The van der Waals surface area contributed by atoms with Crippen LogP contribution in [0.4, 0.5) is 0 Å². The van der Waals surface area contributed by atoms with Crippen molar-refractivity contribution in [3.63, 3.8) is 0 Å². The van der Waals surface area contributed by atoms with E-state index < -0.39 is 22.9 Å². The summed E-state index contributed by atoms with van der Waals surface area (Å²) in [4.78, 5) is 29.5. The van der Waals surface area contributed by atoms with Gasteiger partial charge >= 0.3 is 5.97 Å². The topological polar surface area (TPSA) is 92.4 Å². The number of aromatic nitrogens is 2. The Kier molecular flexibility index (Phi) is 6.50. The van der Waals surface area contributed by atoms with E-state index in [-0.39, 0.29) is 18.5 Å². The van der Waals surface area contributed by atoms with Gasteiger partial charge in [-0.2, -0.15) is 0 Å². The Morgan fingerprint density at radius 1 is 1.22 bits per heavy atom. The Morgan fingerprint density at radius 3 is 2.44 bits per heavy atom. The number of carbonyl (C=O) groups is 1. The summed E-state index contributed by atoms with van der Waals surface area (Å²) in [6, 6.07) is 10.6. The lowest BCUT2D eigenvalue weighted by atomic mass is 9.67. The molecule has 2 heterocycles. The van der Waals surface area contributed by atoms with Gasteiger partial charge in [0.15, 0.2) is 0 Å². The number of aliphatic hydroxyl groups is 1. The van der Waals surface area contributed by atoms with Gasteiger partial charge in [-0.05, 0) is 42.0 Å². The average molecular weight is 457 g/mol. The highest BCUT2D eigenvalue weighted by Gasteiger charge is 2.48. The molecule has 0 spiro atoms. The van der Waals surface area contributed by atoms with E-state index in [0.717, 1.165) is 22.0 Å². The van der Waals surface area contributed by atoms with Gasteiger partial charge in [-0.15, -0.1) is 0 Å². The number of halogens is 1. The van der Waals surface area contributed by atoms with Gasteiger partial charge in [0.2, 0.25) is 0 Å². The molecule has 2 atom stereocenters. The largest absolute Gasteiger partial charge is 0.481 e. The van der Waals surface area contributed by atoms with Crippen LogP contribution < -0.4 is 5.56 Å². The van der Waals surface area contributed by atoms with Crippen LogP contribution in [0.3, 0.4) is 0 Å². The number of aliphatic carboxylic acids is 1. The van der Waals surface area contributed by atoms with E-state index >= 15 is 0 Å². The maximum atomic E-state index is 13.0. The molecule has 0 radical (unpaired) electrons. The Hall–Kier alpha value is -2.70. The summed E-state index contributed by atoms with van der Waals surface area (Å²) in [5.41, 5.74) is 0.0209. The van der Waals surface area contributed by atoms with Crippen LogP contribution in [-0.2, 0) is 16.9 Å². The lowest BCUT2D eigenvalue weighted by Crippen LogP contribution is -2.47. The van der Waals surface area contributed by atoms with Gasteiger partial charge in [0.25, 0.3) is 5.56 Å². The molecular formula is C25H29ClN2O4. The molecule has 2 aromatic heterocycles. The monoisotopic (exact) mass is 456 g/mol. The fraction of sp³-hybridized carbons (Fsp3) is 0.400. The molecule has 2 N–H and O–H groups in total. The summed E-state index contributed by atoms with van der Waals surface area (Å²) in [6.07, 6.45) is 1.73. The summed E-state index contributed by atoms with van der Waals surface area (Å²) in [7, 11) is 0. The number of rotatable bonds is 6. The Morgan fingerprint density at radius 2 is 1.88 bits per heavy atom. The Bertz CT molecular complexity index is 1230. The van der Waals surface area contributed by atoms with Crippen LogP contribution in [-0.4, -0.2) is 25.7 Å².